The summed E-state index contributed by atoms with van der Waals surface area (Å²) in [6, 6.07) is 55.0. The number of rotatable bonds is 16. The van der Waals surface area contributed by atoms with Gasteiger partial charge in [-0.25, -0.2) is 0 Å². The molecule has 1 aliphatic rings. The predicted octanol–water partition coefficient (Wildman–Crippen LogP) is 11.0. The van der Waals surface area contributed by atoms with Crippen LogP contribution in [0.4, 0.5) is 0 Å². The van der Waals surface area contributed by atoms with Crippen LogP contribution in [0.1, 0.15) is 50.8 Å². The summed E-state index contributed by atoms with van der Waals surface area (Å²) in [6.45, 7) is 1.96. The van der Waals surface area contributed by atoms with E-state index in [4.69, 9.17) is 23.7 Å². The van der Waals surface area contributed by atoms with E-state index in [2.05, 4.69) is 66.7 Å². The normalized spacial score (nSPS) is 18.2. The van der Waals surface area contributed by atoms with Crippen LogP contribution in [-0.2, 0) is 51.8 Å². The third kappa shape index (κ3) is 9.74. The standard InChI is InChI=1S/C49H46O6S/c50-44-29-45(52-31-36-17-7-2-8-18-36)43(27-40(44)26-42-25-39-23-13-14-24-47(39)56-42)48-49(54-33-38-21-11-4-12-22-38)46(53-32-37-19-9-3-10-20-37)28-41(55-48)34-51-30-35-15-5-1-6-16-35/h1-25,27,29,41,46,48-50H,26,28,30-34H2/t41-,46-,48-,49?/m0/s1. The molecular weight excluding hydrogens is 717 g/mol. The maximum absolute atomic E-state index is 11.6. The smallest absolute Gasteiger partial charge is 0.129 e. The maximum Gasteiger partial charge on any atom is 0.129 e. The van der Waals surface area contributed by atoms with Crippen molar-refractivity contribution in [1.82, 2.24) is 0 Å². The lowest BCUT2D eigenvalue weighted by Gasteiger charge is -2.42. The van der Waals surface area contributed by atoms with Gasteiger partial charge in [-0.15, -0.1) is 11.3 Å². The zero-order chi connectivity index (χ0) is 37.9. The van der Waals surface area contributed by atoms with Crippen molar-refractivity contribution in [1.29, 1.82) is 0 Å². The monoisotopic (exact) mass is 762 g/mol. The van der Waals surface area contributed by atoms with Crippen molar-refractivity contribution >= 4 is 21.4 Å². The summed E-state index contributed by atoms with van der Waals surface area (Å²) in [5, 5.41) is 12.8. The third-order valence-electron chi connectivity index (χ3n) is 10.1. The largest absolute Gasteiger partial charge is 0.508 e. The van der Waals surface area contributed by atoms with Crippen molar-refractivity contribution in [3.05, 3.63) is 202 Å². The molecule has 6 nitrogen and oxygen atoms in total. The second-order valence-electron chi connectivity index (χ2n) is 14.2. The minimum atomic E-state index is -0.605. The number of phenols is 1. The van der Waals surface area contributed by atoms with Gasteiger partial charge in [0.25, 0.3) is 0 Å². The molecule has 0 saturated carbocycles. The summed E-state index contributed by atoms with van der Waals surface area (Å²) in [7, 11) is 0. The highest BCUT2D eigenvalue weighted by molar-refractivity contribution is 7.19. The lowest BCUT2D eigenvalue weighted by atomic mass is 9.90. The number of hydrogen-bond acceptors (Lipinski definition) is 7. The fraction of sp³-hybridized carbons (Fsp3) is 0.224. The molecule has 7 aromatic rings. The van der Waals surface area contributed by atoms with Gasteiger partial charge in [0.05, 0.1) is 38.6 Å². The Morgan fingerprint density at radius 2 is 1.18 bits per heavy atom. The van der Waals surface area contributed by atoms with Crippen molar-refractivity contribution in [3.63, 3.8) is 0 Å². The number of hydrogen-bond donors (Lipinski definition) is 1. The van der Waals surface area contributed by atoms with Gasteiger partial charge in [-0.3, -0.25) is 0 Å². The molecule has 0 amide bonds. The average molecular weight is 763 g/mol. The second kappa shape index (κ2) is 18.6. The summed E-state index contributed by atoms with van der Waals surface area (Å²) in [5.41, 5.74) is 5.84. The molecular formula is C49H46O6S. The molecule has 6 aromatic carbocycles. The first-order chi connectivity index (χ1) is 27.6. The Kier molecular flexibility index (Phi) is 12.5. The highest BCUT2D eigenvalue weighted by atomic mass is 32.1. The molecule has 0 radical (unpaired) electrons. The first kappa shape index (κ1) is 37.6. The van der Waals surface area contributed by atoms with Crippen molar-refractivity contribution < 1.29 is 28.8 Å². The molecule has 56 heavy (non-hydrogen) atoms. The van der Waals surface area contributed by atoms with Gasteiger partial charge in [-0.2, -0.15) is 0 Å². The maximum atomic E-state index is 11.6. The van der Waals surface area contributed by atoms with Crippen LogP contribution in [0.5, 0.6) is 11.5 Å². The van der Waals surface area contributed by atoms with E-state index in [0.29, 0.717) is 51.6 Å². The summed E-state index contributed by atoms with van der Waals surface area (Å²) in [6.07, 6.45) is -0.634. The summed E-state index contributed by atoms with van der Waals surface area (Å²) < 4.78 is 34.9. The van der Waals surface area contributed by atoms with Crippen molar-refractivity contribution in [2.75, 3.05) is 6.61 Å². The van der Waals surface area contributed by atoms with E-state index < -0.39 is 12.2 Å². The van der Waals surface area contributed by atoms with Crippen LogP contribution < -0.4 is 4.74 Å². The lowest BCUT2D eigenvalue weighted by Crippen LogP contribution is -2.47. The van der Waals surface area contributed by atoms with Gasteiger partial charge in [0, 0.05) is 34.0 Å². The topological polar surface area (TPSA) is 66.4 Å². The molecule has 4 atom stereocenters. The van der Waals surface area contributed by atoms with Crippen molar-refractivity contribution in [2.45, 2.75) is 63.7 Å². The zero-order valence-corrected chi connectivity index (χ0v) is 32.1. The van der Waals surface area contributed by atoms with E-state index >= 15 is 0 Å². The van der Waals surface area contributed by atoms with E-state index in [1.807, 2.05) is 91.0 Å². The molecule has 8 rings (SSSR count). The highest BCUT2D eigenvalue weighted by Crippen LogP contribution is 2.43. The van der Waals surface area contributed by atoms with Crippen molar-refractivity contribution in [2.24, 2.45) is 0 Å². The first-order valence-corrected chi connectivity index (χ1v) is 20.0. The third-order valence-corrected chi connectivity index (χ3v) is 11.2. The molecule has 1 aliphatic heterocycles. The molecule has 1 unspecified atom stereocenters. The van der Waals surface area contributed by atoms with E-state index in [0.717, 1.165) is 38.3 Å². The number of benzene rings is 6. The van der Waals surface area contributed by atoms with E-state index in [-0.39, 0.29) is 18.0 Å². The van der Waals surface area contributed by atoms with Gasteiger partial charge < -0.3 is 28.8 Å². The average Bonchev–Trinajstić information content (AvgIpc) is 3.66. The second-order valence-corrected chi connectivity index (χ2v) is 15.4. The number of phenolic OH excluding ortho intramolecular Hbond substituents is 1. The van der Waals surface area contributed by atoms with Crippen molar-refractivity contribution in [3.8, 4) is 11.5 Å². The van der Waals surface area contributed by atoms with Crippen LogP contribution >= 0.6 is 11.3 Å². The summed E-state index contributed by atoms with van der Waals surface area (Å²) >= 11 is 1.74. The fourth-order valence-corrected chi connectivity index (χ4v) is 8.33. The van der Waals surface area contributed by atoms with E-state index in [1.54, 1.807) is 17.4 Å². The van der Waals surface area contributed by atoms with Gasteiger partial charge in [0.15, 0.2) is 0 Å². The first-order valence-electron chi connectivity index (χ1n) is 19.2. The Labute approximate surface area is 332 Å². The molecule has 0 aliphatic carbocycles. The Bertz CT molecular complexity index is 2230. The molecule has 2 heterocycles. The van der Waals surface area contributed by atoms with Gasteiger partial charge >= 0.3 is 0 Å². The molecule has 7 heteroatoms. The minimum Gasteiger partial charge on any atom is -0.508 e. The molecule has 1 saturated heterocycles. The van der Waals surface area contributed by atoms with Gasteiger partial charge in [0.2, 0.25) is 0 Å². The molecule has 0 bridgehead atoms. The quantitative estimate of drug-likeness (QED) is 0.106. The van der Waals surface area contributed by atoms with Gasteiger partial charge in [-0.1, -0.05) is 140 Å². The van der Waals surface area contributed by atoms with Crippen LogP contribution in [0.15, 0.2) is 164 Å². The SMILES string of the molecule is Oc1cc(OCc2ccccc2)c([C@@H]2O[C@H](COCc3ccccc3)C[C@H](OCc3ccccc3)C2OCc2ccccc2)cc1Cc1cc2ccccc2s1. The van der Waals surface area contributed by atoms with E-state index in [9.17, 15) is 5.11 Å². The number of aromatic hydroxyl groups is 1. The van der Waals surface area contributed by atoms with Crippen LogP contribution in [0.25, 0.3) is 10.1 Å². The van der Waals surface area contributed by atoms with Crippen LogP contribution in [0.3, 0.4) is 0 Å². The summed E-state index contributed by atoms with van der Waals surface area (Å²) in [4.78, 5) is 1.16. The molecule has 1 N–H and O–H groups in total. The summed E-state index contributed by atoms with van der Waals surface area (Å²) in [5.74, 6) is 0.712. The number of fused-ring (bicyclic) bond motifs is 1. The Morgan fingerprint density at radius 3 is 1.82 bits per heavy atom. The Morgan fingerprint density at radius 1 is 0.607 bits per heavy atom. The molecule has 0 spiro atoms. The number of ether oxygens (including phenoxy) is 5. The highest BCUT2D eigenvalue weighted by Gasteiger charge is 2.43. The molecule has 1 fully saturated rings. The van der Waals surface area contributed by atoms with E-state index in [1.165, 1.54) is 10.1 Å². The van der Waals surface area contributed by atoms with Crippen LogP contribution in [0.2, 0.25) is 0 Å². The molecule has 284 valence electrons. The molecule has 1 aromatic heterocycles. The fourth-order valence-electron chi connectivity index (χ4n) is 7.24. The Hall–Kier alpha value is -5.28. The Balaban J connectivity index is 1.17. The predicted molar refractivity (Wildman–Crippen MR) is 222 cm³/mol. The van der Waals surface area contributed by atoms with Crippen LogP contribution in [0, 0.1) is 0 Å². The van der Waals surface area contributed by atoms with Gasteiger partial charge in [0.1, 0.15) is 30.3 Å². The minimum absolute atomic E-state index is 0.173. The number of thiophene rings is 1. The zero-order valence-electron chi connectivity index (χ0n) is 31.2. The lowest BCUT2D eigenvalue weighted by molar-refractivity contribution is -0.219. The van der Waals surface area contributed by atoms with Crippen LogP contribution in [-0.4, -0.2) is 30.0 Å². The van der Waals surface area contributed by atoms with Gasteiger partial charge in [-0.05, 0) is 51.4 Å².